The third-order valence-corrected chi connectivity index (χ3v) is 4.82. The van der Waals surface area contributed by atoms with Gasteiger partial charge >= 0.3 is 0 Å². The summed E-state index contributed by atoms with van der Waals surface area (Å²) in [5.74, 6) is 0.739. The van der Waals surface area contributed by atoms with Gasteiger partial charge in [0.25, 0.3) is 0 Å². The van der Waals surface area contributed by atoms with E-state index in [1.807, 2.05) is 50.2 Å². The quantitative estimate of drug-likeness (QED) is 0.562. The fourth-order valence-electron chi connectivity index (χ4n) is 2.84. The fourth-order valence-corrected chi connectivity index (χ4v) is 3.20. The van der Waals surface area contributed by atoms with E-state index in [4.69, 9.17) is 16.3 Å². The van der Waals surface area contributed by atoms with Crippen molar-refractivity contribution >= 4 is 17.4 Å². The number of aromatic nitrogens is 2. The van der Waals surface area contributed by atoms with Crippen molar-refractivity contribution in [1.82, 2.24) is 9.97 Å². The van der Waals surface area contributed by atoms with Gasteiger partial charge in [0.1, 0.15) is 17.1 Å². The van der Waals surface area contributed by atoms with Crippen LogP contribution in [0.5, 0.6) is 0 Å². The molecule has 0 unspecified atom stereocenters. The van der Waals surface area contributed by atoms with Gasteiger partial charge in [-0.15, -0.1) is 0 Å². The molecule has 0 fully saturated rings. The van der Waals surface area contributed by atoms with E-state index < -0.39 is 5.60 Å². The van der Waals surface area contributed by atoms with Gasteiger partial charge in [-0.3, -0.25) is 4.98 Å². The van der Waals surface area contributed by atoms with Crippen LogP contribution in [0.2, 0.25) is 5.15 Å². The minimum atomic E-state index is -0.591. The Hall–Kier alpha value is -2.43. The summed E-state index contributed by atoms with van der Waals surface area (Å²) in [7, 11) is 1.64. The summed E-state index contributed by atoms with van der Waals surface area (Å²) in [5, 5.41) is 0.366. The minimum absolute atomic E-state index is 0.366. The highest BCUT2D eigenvalue weighted by Gasteiger charge is 2.26. The first-order valence-corrected chi connectivity index (χ1v) is 9.28. The molecule has 2 aromatic carbocycles. The van der Waals surface area contributed by atoms with Crippen LogP contribution in [-0.2, 0) is 23.4 Å². The van der Waals surface area contributed by atoms with E-state index in [0.717, 1.165) is 5.82 Å². The number of anilines is 1. The van der Waals surface area contributed by atoms with Crippen molar-refractivity contribution in [2.24, 2.45) is 0 Å². The van der Waals surface area contributed by atoms with E-state index in [1.54, 1.807) is 13.3 Å². The molecule has 140 valence electrons. The standard InChI is InChI=1S/C22H24ClN3O/c1-22(2,27-3)20-21(23)25-19(14-24-20)26(15-17-10-6-4-7-11-17)16-18-12-8-5-9-13-18/h4-14H,15-16H2,1-3H3. The average Bonchev–Trinajstić information content (AvgIpc) is 2.69. The first-order chi connectivity index (χ1) is 13.0. The third-order valence-electron chi connectivity index (χ3n) is 4.55. The van der Waals surface area contributed by atoms with Gasteiger partial charge in [0.2, 0.25) is 0 Å². The lowest BCUT2D eigenvalue weighted by Crippen LogP contribution is -2.26. The second-order valence-corrected chi connectivity index (χ2v) is 7.27. The van der Waals surface area contributed by atoms with Gasteiger partial charge in [-0.25, -0.2) is 4.98 Å². The number of nitrogens with zero attached hydrogens (tertiary/aromatic N) is 3. The SMILES string of the molecule is COC(C)(C)c1ncc(N(Cc2ccccc2)Cc2ccccc2)nc1Cl. The molecule has 0 radical (unpaired) electrons. The molecule has 0 aliphatic heterocycles. The molecular weight excluding hydrogens is 358 g/mol. The molecule has 0 aliphatic rings. The summed E-state index contributed by atoms with van der Waals surface area (Å²) in [4.78, 5) is 11.4. The number of methoxy groups -OCH3 is 1. The summed E-state index contributed by atoms with van der Waals surface area (Å²) >= 11 is 6.46. The Morgan fingerprint density at radius 3 is 1.89 bits per heavy atom. The summed E-state index contributed by atoms with van der Waals surface area (Å²) in [6.07, 6.45) is 1.77. The van der Waals surface area contributed by atoms with Gasteiger partial charge in [0.05, 0.1) is 6.20 Å². The van der Waals surface area contributed by atoms with Gasteiger partial charge in [0, 0.05) is 20.2 Å². The fraction of sp³-hybridized carbons (Fsp3) is 0.273. The first kappa shape index (κ1) is 19.3. The molecule has 0 amide bonds. The topological polar surface area (TPSA) is 38.2 Å². The minimum Gasteiger partial charge on any atom is -0.372 e. The molecule has 3 rings (SSSR count). The molecule has 0 spiro atoms. The van der Waals surface area contributed by atoms with E-state index in [-0.39, 0.29) is 0 Å². The van der Waals surface area contributed by atoms with Crippen LogP contribution in [0.1, 0.15) is 30.7 Å². The lowest BCUT2D eigenvalue weighted by molar-refractivity contribution is 0.0153. The van der Waals surface area contributed by atoms with Gasteiger partial charge in [-0.2, -0.15) is 0 Å². The Kier molecular flexibility index (Phi) is 6.09. The Labute approximate surface area is 165 Å². The first-order valence-electron chi connectivity index (χ1n) is 8.90. The van der Waals surface area contributed by atoms with Crippen molar-refractivity contribution in [3.05, 3.63) is 88.8 Å². The van der Waals surface area contributed by atoms with E-state index in [9.17, 15) is 0 Å². The normalized spacial score (nSPS) is 11.4. The summed E-state index contributed by atoms with van der Waals surface area (Å²) in [5.41, 5.74) is 2.45. The van der Waals surface area contributed by atoms with Crippen molar-refractivity contribution < 1.29 is 4.74 Å². The predicted octanol–water partition coefficient (Wildman–Crippen LogP) is 5.22. The van der Waals surface area contributed by atoms with Crippen LogP contribution < -0.4 is 4.90 Å². The zero-order valence-corrected chi connectivity index (χ0v) is 16.6. The van der Waals surface area contributed by atoms with Crippen LogP contribution in [0, 0.1) is 0 Å². The van der Waals surface area contributed by atoms with Gasteiger partial charge in [0.15, 0.2) is 5.15 Å². The zero-order valence-electron chi connectivity index (χ0n) is 15.9. The van der Waals surface area contributed by atoms with E-state index in [0.29, 0.717) is 23.9 Å². The number of hydrogen-bond donors (Lipinski definition) is 0. The molecular formula is C22H24ClN3O. The maximum atomic E-state index is 6.46. The highest BCUT2D eigenvalue weighted by molar-refractivity contribution is 6.30. The van der Waals surface area contributed by atoms with Crippen LogP contribution in [-0.4, -0.2) is 17.1 Å². The van der Waals surface area contributed by atoms with Gasteiger partial charge < -0.3 is 9.64 Å². The van der Waals surface area contributed by atoms with E-state index in [1.165, 1.54) is 11.1 Å². The molecule has 0 saturated heterocycles. The van der Waals surface area contributed by atoms with E-state index >= 15 is 0 Å². The van der Waals surface area contributed by atoms with Crippen LogP contribution >= 0.6 is 11.6 Å². The Morgan fingerprint density at radius 2 is 1.44 bits per heavy atom. The molecule has 1 aromatic heterocycles. The Balaban J connectivity index is 1.93. The smallest absolute Gasteiger partial charge is 0.155 e. The summed E-state index contributed by atoms with van der Waals surface area (Å²) in [6.45, 7) is 5.28. The molecule has 0 saturated carbocycles. The van der Waals surface area contributed by atoms with Crippen LogP contribution in [0.15, 0.2) is 66.9 Å². The molecule has 3 aromatic rings. The molecule has 4 nitrogen and oxygen atoms in total. The van der Waals surface area contributed by atoms with Crippen molar-refractivity contribution in [2.75, 3.05) is 12.0 Å². The largest absolute Gasteiger partial charge is 0.372 e. The third kappa shape index (κ3) is 4.85. The average molecular weight is 382 g/mol. The monoisotopic (exact) mass is 381 g/mol. The maximum absolute atomic E-state index is 6.46. The summed E-state index contributed by atoms with van der Waals surface area (Å²) in [6, 6.07) is 20.6. The maximum Gasteiger partial charge on any atom is 0.155 e. The highest BCUT2D eigenvalue weighted by atomic mass is 35.5. The van der Waals surface area contributed by atoms with Crippen LogP contribution in [0.3, 0.4) is 0 Å². The lowest BCUT2D eigenvalue weighted by atomic mass is 10.1. The molecule has 0 atom stereocenters. The molecule has 0 bridgehead atoms. The summed E-state index contributed by atoms with van der Waals surface area (Å²) < 4.78 is 5.50. The molecule has 1 heterocycles. The molecule has 0 aliphatic carbocycles. The second kappa shape index (κ2) is 8.51. The molecule has 0 N–H and O–H groups in total. The van der Waals surface area contributed by atoms with E-state index in [2.05, 4.69) is 39.1 Å². The van der Waals surface area contributed by atoms with Crippen molar-refractivity contribution in [3.63, 3.8) is 0 Å². The number of ether oxygens (including phenoxy) is 1. The van der Waals surface area contributed by atoms with Gasteiger partial charge in [-0.1, -0.05) is 72.3 Å². The van der Waals surface area contributed by atoms with Crippen LogP contribution in [0.4, 0.5) is 5.82 Å². The number of benzene rings is 2. The number of halogens is 1. The highest BCUT2D eigenvalue weighted by Crippen LogP contribution is 2.29. The molecule has 27 heavy (non-hydrogen) atoms. The number of hydrogen-bond acceptors (Lipinski definition) is 4. The van der Waals surface area contributed by atoms with Gasteiger partial charge in [-0.05, 0) is 25.0 Å². The van der Waals surface area contributed by atoms with Crippen LogP contribution in [0.25, 0.3) is 0 Å². The second-order valence-electron chi connectivity index (χ2n) is 6.91. The van der Waals surface area contributed by atoms with Crippen molar-refractivity contribution in [1.29, 1.82) is 0 Å². The molecule has 5 heteroatoms. The zero-order chi connectivity index (χ0) is 19.3. The lowest BCUT2D eigenvalue weighted by Gasteiger charge is -2.27. The van der Waals surface area contributed by atoms with Crippen molar-refractivity contribution in [3.8, 4) is 0 Å². The van der Waals surface area contributed by atoms with Crippen molar-refractivity contribution in [2.45, 2.75) is 32.5 Å². The Bertz CT molecular complexity index is 828. The Morgan fingerprint density at radius 1 is 0.926 bits per heavy atom. The predicted molar refractivity (Wildman–Crippen MR) is 110 cm³/mol. The number of rotatable bonds is 7.